The number of halogens is 2. The van der Waals surface area contributed by atoms with Crippen molar-refractivity contribution in [2.45, 2.75) is 18.9 Å². The molecule has 1 amide bonds. The number of likely N-dealkylation sites (tertiary alicyclic amines) is 1. The van der Waals surface area contributed by atoms with Crippen LogP contribution in [0.15, 0.2) is 12.1 Å². The molecule has 1 aromatic carbocycles. The van der Waals surface area contributed by atoms with Crippen molar-refractivity contribution < 1.29 is 18.7 Å². The van der Waals surface area contributed by atoms with Crippen molar-refractivity contribution in [1.82, 2.24) is 4.90 Å². The number of benzene rings is 1. The Morgan fingerprint density at radius 1 is 1.44 bits per heavy atom. The van der Waals surface area contributed by atoms with E-state index < -0.39 is 23.1 Å². The molecule has 1 aliphatic rings. The first-order chi connectivity index (χ1) is 8.30. The van der Waals surface area contributed by atoms with Crippen LogP contribution in [-0.2, 0) is 0 Å². The number of nitrogens with zero attached hydrogens (tertiary/aromatic N) is 1. The Balaban J connectivity index is 2.27. The van der Waals surface area contributed by atoms with Gasteiger partial charge in [0.05, 0.1) is 16.9 Å². The third-order valence-electron chi connectivity index (χ3n) is 3.06. The maximum Gasteiger partial charge on any atom is 0.257 e. The van der Waals surface area contributed by atoms with Crippen LogP contribution in [0.2, 0.25) is 0 Å². The van der Waals surface area contributed by atoms with Crippen molar-refractivity contribution in [2.24, 2.45) is 0 Å². The number of carbonyl (C=O) groups excluding carboxylic acids is 1. The summed E-state index contributed by atoms with van der Waals surface area (Å²) in [6.45, 7) is 2.07. The predicted molar refractivity (Wildman–Crippen MR) is 61.9 cm³/mol. The molecule has 2 rings (SSSR count). The second-order valence-electron chi connectivity index (χ2n) is 4.83. The van der Waals surface area contributed by atoms with Crippen LogP contribution in [0.4, 0.5) is 14.5 Å². The Hall–Kier alpha value is -1.69. The molecular weight excluding hydrogens is 242 g/mol. The second kappa shape index (κ2) is 4.20. The van der Waals surface area contributed by atoms with E-state index in [1.807, 2.05) is 0 Å². The minimum atomic E-state index is -0.961. The fraction of sp³-hybridized carbons (Fsp3) is 0.417. The van der Waals surface area contributed by atoms with Crippen LogP contribution in [0, 0.1) is 11.6 Å². The Morgan fingerprint density at radius 2 is 2.11 bits per heavy atom. The maximum absolute atomic E-state index is 13.5. The summed E-state index contributed by atoms with van der Waals surface area (Å²) < 4.78 is 26.5. The van der Waals surface area contributed by atoms with E-state index >= 15 is 0 Å². The van der Waals surface area contributed by atoms with Gasteiger partial charge in [-0.1, -0.05) is 0 Å². The summed E-state index contributed by atoms with van der Waals surface area (Å²) in [5.74, 6) is -2.42. The van der Waals surface area contributed by atoms with E-state index in [2.05, 4.69) is 0 Å². The highest BCUT2D eigenvalue weighted by Gasteiger charge is 2.35. The molecule has 18 heavy (non-hydrogen) atoms. The number of β-amino-alcohol motifs (C(OH)–C–C–N with tert-alkyl or cyclic N) is 1. The number of anilines is 1. The van der Waals surface area contributed by atoms with E-state index in [9.17, 15) is 18.7 Å². The molecule has 3 N–H and O–H groups in total. The fourth-order valence-electron chi connectivity index (χ4n) is 2.02. The lowest BCUT2D eigenvalue weighted by atomic mass is 10.1. The van der Waals surface area contributed by atoms with E-state index in [0.717, 1.165) is 6.07 Å². The van der Waals surface area contributed by atoms with Gasteiger partial charge in [-0.2, -0.15) is 0 Å². The van der Waals surface area contributed by atoms with Crippen LogP contribution >= 0.6 is 0 Å². The summed E-state index contributed by atoms with van der Waals surface area (Å²) in [5.41, 5.74) is 3.81. The number of rotatable bonds is 1. The molecule has 1 atom stereocenters. The summed E-state index contributed by atoms with van der Waals surface area (Å²) in [4.78, 5) is 13.3. The molecule has 1 saturated heterocycles. The highest BCUT2D eigenvalue weighted by atomic mass is 19.1. The van der Waals surface area contributed by atoms with Gasteiger partial charge in [0, 0.05) is 19.2 Å². The van der Waals surface area contributed by atoms with Crippen LogP contribution in [0.3, 0.4) is 0 Å². The average molecular weight is 256 g/mol. The number of hydrogen-bond donors (Lipinski definition) is 2. The molecule has 98 valence electrons. The smallest absolute Gasteiger partial charge is 0.257 e. The first-order valence-electron chi connectivity index (χ1n) is 5.56. The van der Waals surface area contributed by atoms with Crippen molar-refractivity contribution in [3.63, 3.8) is 0 Å². The lowest BCUT2D eigenvalue weighted by Gasteiger charge is -2.19. The van der Waals surface area contributed by atoms with Gasteiger partial charge >= 0.3 is 0 Å². The van der Waals surface area contributed by atoms with E-state index in [-0.39, 0.29) is 17.8 Å². The SMILES string of the molecule is CC1(O)CCN(C(=O)c2cc(N)c(F)cc2F)C1. The highest BCUT2D eigenvalue weighted by Crippen LogP contribution is 2.24. The standard InChI is InChI=1S/C12H14F2N2O2/c1-12(18)2-3-16(6-12)11(17)7-4-10(15)9(14)5-8(7)13/h4-5,18H,2-3,6,15H2,1H3. The number of hydrogen-bond acceptors (Lipinski definition) is 3. The van der Waals surface area contributed by atoms with Gasteiger partial charge in [-0.15, -0.1) is 0 Å². The first-order valence-corrected chi connectivity index (χ1v) is 5.56. The van der Waals surface area contributed by atoms with Crippen molar-refractivity contribution in [2.75, 3.05) is 18.8 Å². The molecule has 0 radical (unpaired) electrons. The lowest BCUT2D eigenvalue weighted by Crippen LogP contribution is -2.34. The van der Waals surface area contributed by atoms with Gasteiger partial charge in [-0.05, 0) is 19.4 Å². The summed E-state index contributed by atoms with van der Waals surface area (Å²) in [7, 11) is 0. The summed E-state index contributed by atoms with van der Waals surface area (Å²) >= 11 is 0. The van der Waals surface area contributed by atoms with Gasteiger partial charge < -0.3 is 15.7 Å². The molecular formula is C12H14F2N2O2. The molecule has 1 aliphatic heterocycles. The maximum atomic E-state index is 13.5. The quantitative estimate of drug-likeness (QED) is 0.740. The molecule has 1 unspecified atom stereocenters. The minimum Gasteiger partial charge on any atom is -0.396 e. The molecule has 0 bridgehead atoms. The van der Waals surface area contributed by atoms with Gasteiger partial charge in [-0.25, -0.2) is 8.78 Å². The molecule has 4 nitrogen and oxygen atoms in total. The second-order valence-corrected chi connectivity index (χ2v) is 4.83. The van der Waals surface area contributed by atoms with Gasteiger partial charge in [-0.3, -0.25) is 4.79 Å². The van der Waals surface area contributed by atoms with Crippen molar-refractivity contribution in [1.29, 1.82) is 0 Å². The number of carbonyl (C=O) groups is 1. The van der Waals surface area contributed by atoms with E-state index in [1.54, 1.807) is 6.92 Å². The first kappa shape index (κ1) is 12.8. The van der Waals surface area contributed by atoms with Crippen LogP contribution < -0.4 is 5.73 Å². The minimum absolute atomic E-state index is 0.128. The molecule has 6 heteroatoms. The monoisotopic (exact) mass is 256 g/mol. The normalized spacial score (nSPS) is 23.4. The zero-order valence-corrected chi connectivity index (χ0v) is 9.91. The van der Waals surface area contributed by atoms with Crippen molar-refractivity contribution in [3.05, 3.63) is 29.3 Å². The topological polar surface area (TPSA) is 66.6 Å². The molecule has 0 aromatic heterocycles. The predicted octanol–water partition coefficient (Wildman–Crippen LogP) is 1.14. The van der Waals surface area contributed by atoms with E-state index in [4.69, 9.17) is 5.73 Å². The van der Waals surface area contributed by atoms with Crippen molar-refractivity contribution >= 4 is 11.6 Å². The Morgan fingerprint density at radius 3 is 2.67 bits per heavy atom. The summed E-state index contributed by atoms with van der Waals surface area (Å²) in [6, 6.07) is 1.58. The van der Waals surface area contributed by atoms with Gasteiger partial charge in [0.2, 0.25) is 0 Å². The fourth-order valence-corrected chi connectivity index (χ4v) is 2.02. The zero-order chi connectivity index (χ0) is 13.5. The highest BCUT2D eigenvalue weighted by molar-refractivity contribution is 5.95. The Bertz CT molecular complexity index is 503. The van der Waals surface area contributed by atoms with E-state index in [0.29, 0.717) is 19.0 Å². The van der Waals surface area contributed by atoms with Crippen LogP contribution in [0.1, 0.15) is 23.7 Å². The molecule has 1 heterocycles. The number of nitrogens with two attached hydrogens (primary N) is 1. The van der Waals surface area contributed by atoms with Crippen LogP contribution in [0.25, 0.3) is 0 Å². The largest absolute Gasteiger partial charge is 0.396 e. The molecule has 0 aliphatic carbocycles. The van der Waals surface area contributed by atoms with Gasteiger partial charge in [0.25, 0.3) is 5.91 Å². The van der Waals surface area contributed by atoms with Crippen LogP contribution in [0.5, 0.6) is 0 Å². The lowest BCUT2D eigenvalue weighted by molar-refractivity contribution is 0.0569. The summed E-state index contributed by atoms with van der Waals surface area (Å²) in [5, 5.41) is 9.76. The molecule has 0 spiro atoms. The number of aliphatic hydroxyl groups is 1. The third-order valence-corrected chi connectivity index (χ3v) is 3.06. The number of amides is 1. The van der Waals surface area contributed by atoms with Crippen LogP contribution in [-0.4, -0.2) is 34.6 Å². The van der Waals surface area contributed by atoms with Gasteiger partial charge in [0.1, 0.15) is 11.6 Å². The Kier molecular flexibility index (Phi) is 2.98. The van der Waals surface area contributed by atoms with Gasteiger partial charge in [0.15, 0.2) is 0 Å². The molecule has 1 fully saturated rings. The molecule has 1 aromatic rings. The van der Waals surface area contributed by atoms with E-state index in [1.165, 1.54) is 4.90 Å². The third kappa shape index (κ3) is 2.28. The average Bonchev–Trinajstić information content (AvgIpc) is 2.63. The zero-order valence-electron chi connectivity index (χ0n) is 9.91. The van der Waals surface area contributed by atoms with Crippen molar-refractivity contribution in [3.8, 4) is 0 Å². The number of nitrogen functional groups attached to an aromatic ring is 1. The summed E-state index contributed by atoms with van der Waals surface area (Å²) in [6.07, 6.45) is 0.428. The molecule has 0 saturated carbocycles. The Labute approximate surface area is 103 Å².